The number of likely N-dealkylation sites (tertiary alicyclic amines) is 1. The van der Waals surface area contributed by atoms with Gasteiger partial charge in [-0.25, -0.2) is 9.78 Å². The Morgan fingerprint density at radius 3 is 2.58 bits per heavy atom. The smallest absolute Gasteiger partial charge is 0.317 e. The molecule has 1 aromatic rings. The van der Waals surface area contributed by atoms with Crippen LogP contribution in [0.5, 0.6) is 5.88 Å². The van der Waals surface area contributed by atoms with Crippen LogP contribution in [0.15, 0.2) is 18.3 Å². The summed E-state index contributed by atoms with van der Waals surface area (Å²) in [5.41, 5.74) is 1.04. The summed E-state index contributed by atoms with van der Waals surface area (Å²) in [6.07, 6.45) is 12.8. The van der Waals surface area contributed by atoms with E-state index in [0.717, 1.165) is 44.3 Å². The first-order chi connectivity index (χ1) is 11.8. The van der Waals surface area contributed by atoms with Gasteiger partial charge in [0.2, 0.25) is 5.88 Å². The molecule has 0 aromatic carbocycles. The molecule has 0 radical (unpaired) electrons. The molecule has 2 aliphatic rings. The number of ether oxygens (including phenoxy) is 1. The van der Waals surface area contributed by atoms with Crippen LogP contribution in [0.2, 0.25) is 0 Å². The van der Waals surface area contributed by atoms with E-state index in [4.69, 9.17) is 4.74 Å². The molecule has 2 heterocycles. The van der Waals surface area contributed by atoms with Gasteiger partial charge in [-0.15, -0.1) is 0 Å². The van der Waals surface area contributed by atoms with Crippen molar-refractivity contribution in [3.63, 3.8) is 0 Å². The van der Waals surface area contributed by atoms with E-state index in [1.165, 1.54) is 32.1 Å². The van der Waals surface area contributed by atoms with E-state index >= 15 is 0 Å². The van der Waals surface area contributed by atoms with Crippen molar-refractivity contribution in [3.8, 4) is 5.88 Å². The summed E-state index contributed by atoms with van der Waals surface area (Å²) in [5, 5.41) is 3.04. The fraction of sp³-hybridized carbons (Fsp3) is 0.684. The first-order valence-electron chi connectivity index (χ1n) is 9.45. The van der Waals surface area contributed by atoms with Gasteiger partial charge >= 0.3 is 6.03 Å². The molecule has 1 N–H and O–H groups in total. The molecule has 2 fully saturated rings. The Morgan fingerprint density at radius 1 is 1.12 bits per heavy atom. The molecule has 1 saturated carbocycles. The third kappa shape index (κ3) is 5.11. The van der Waals surface area contributed by atoms with Gasteiger partial charge in [-0.05, 0) is 50.2 Å². The van der Waals surface area contributed by atoms with E-state index in [9.17, 15) is 4.79 Å². The number of pyridine rings is 1. The van der Waals surface area contributed by atoms with Crippen molar-refractivity contribution in [2.24, 2.45) is 0 Å². The highest BCUT2D eigenvalue weighted by Crippen LogP contribution is 2.23. The van der Waals surface area contributed by atoms with Gasteiger partial charge in [0, 0.05) is 31.9 Å². The van der Waals surface area contributed by atoms with Gasteiger partial charge in [0.25, 0.3) is 0 Å². The van der Waals surface area contributed by atoms with E-state index in [0.29, 0.717) is 18.5 Å². The highest BCUT2D eigenvalue weighted by Gasteiger charge is 2.17. The van der Waals surface area contributed by atoms with Gasteiger partial charge in [0.05, 0.1) is 0 Å². The number of carbonyl (C=O) groups excluding carboxylic acids is 1. The number of urea groups is 1. The fourth-order valence-corrected chi connectivity index (χ4v) is 3.54. The minimum absolute atomic E-state index is 0.0481. The number of amides is 2. The number of hydrogen-bond donors (Lipinski definition) is 1. The molecule has 132 valence electrons. The number of nitrogens with zero attached hydrogens (tertiary/aromatic N) is 2. The fourth-order valence-electron chi connectivity index (χ4n) is 3.54. The van der Waals surface area contributed by atoms with Crippen LogP contribution >= 0.6 is 0 Å². The SMILES string of the molecule is O=C(NCc1ccnc(OC2CCCC2)c1)N1CCCCCCC1. The first kappa shape index (κ1) is 17.1. The molecule has 3 rings (SSSR count). The zero-order valence-electron chi connectivity index (χ0n) is 14.5. The standard InChI is InChI=1S/C19H29N3O2/c23-19(22-12-6-2-1-3-7-13-22)21-15-16-10-11-20-18(14-16)24-17-8-4-5-9-17/h10-11,14,17H,1-9,12-13,15H2,(H,21,23). The van der Waals surface area contributed by atoms with Gasteiger partial charge in [-0.2, -0.15) is 0 Å². The summed E-state index contributed by atoms with van der Waals surface area (Å²) in [4.78, 5) is 18.6. The predicted molar refractivity (Wildman–Crippen MR) is 94.0 cm³/mol. The monoisotopic (exact) mass is 331 g/mol. The lowest BCUT2D eigenvalue weighted by Crippen LogP contribution is -2.41. The van der Waals surface area contributed by atoms with Crippen molar-refractivity contribution >= 4 is 6.03 Å². The van der Waals surface area contributed by atoms with Gasteiger partial charge in [-0.1, -0.05) is 19.3 Å². The Bertz CT molecular complexity index is 521. The number of hydrogen-bond acceptors (Lipinski definition) is 3. The van der Waals surface area contributed by atoms with E-state index in [1.54, 1.807) is 6.20 Å². The zero-order valence-corrected chi connectivity index (χ0v) is 14.5. The zero-order chi connectivity index (χ0) is 16.6. The maximum absolute atomic E-state index is 12.4. The Labute approximate surface area is 144 Å². The second-order valence-corrected chi connectivity index (χ2v) is 6.94. The Kier molecular flexibility index (Phi) is 6.33. The third-order valence-corrected chi connectivity index (χ3v) is 4.98. The summed E-state index contributed by atoms with van der Waals surface area (Å²) in [7, 11) is 0. The number of nitrogens with one attached hydrogen (secondary N) is 1. The second-order valence-electron chi connectivity index (χ2n) is 6.94. The summed E-state index contributed by atoms with van der Waals surface area (Å²) in [6, 6.07) is 3.94. The highest BCUT2D eigenvalue weighted by molar-refractivity contribution is 5.74. The van der Waals surface area contributed by atoms with Gasteiger partial charge in [0.1, 0.15) is 6.10 Å². The van der Waals surface area contributed by atoms with Crippen molar-refractivity contribution < 1.29 is 9.53 Å². The summed E-state index contributed by atoms with van der Waals surface area (Å²) in [5.74, 6) is 0.680. The van der Waals surface area contributed by atoms with E-state index in [2.05, 4.69) is 10.3 Å². The minimum atomic E-state index is 0.0481. The van der Waals surface area contributed by atoms with Crippen LogP contribution in [0.3, 0.4) is 0 Å². The summed E-state index contributed by atoms with van der Waals surface area (Å²) < 4.78 is 5.94. The largest absolute Gasteiger partial charge is 0.474 e. The molecule has 1 saturated heterocycles. The molecule has 0 bridgehead atoms. The highest BCUT2D eigenvalue weighted by atomic mass is 16.5. The van der Waals surface area contributed by atoms with E-state index < -0.39 is 0 Å². The molecule has 0 spiro atoms. The number of aromatic nitrogens is 1. The molecular formula is C19H29N3O2. The van der Waals surface area contributed by atoms with Gasteiger partial charge in [0.15, 0.2) is 0 Å². The maximum atomic E-state index is 12.4. The average molecular weight is 331 g/mol. The van der Waals surface area contributed by atoms with Gasteiger partial charge in [-0.3, -0.25) is 0 Å². The van der Waals surface area contributed by atoms with Crippen LogP contribution in [-0.2, 0) is 6.54 Å². The van der Waals surface area contributed by atoms with Crippen LogP contribution < -0.4 is 10.1 Å². The molecule has 24 heavy (non-hydrogen) atoms. The van der Waals surface area contributed by atoms with Crippen LogP contribution in [0.4, 0.5) is 4.79 Å². The maximum Gasteiger partial charge on any atom is 0.317 e. The van der Waals surface area contributed by atoms with Crippen molar-refractivity contribution in [2.75, 3.05) is 13.1 Å². The average Bonchev–Trinajstić information content (AvgIpc) is 3.06. The normalized spacial score (nSPS) is 19.6. The van der Waals surface area contributed by atoms with Crippen molar-refractivity contribution in [1.82, 2.24) is 15.2 Å². The van der Waals surface area contributed by atoms with Gasteiger partial charge < -0.3 is 15.0 Å². The molecule has 5 nitrogen and oxygen atoms in total. The lowest BCUT2D eigenvalue weighted by atomic mass is 10.1. The van der Waals surface area contributed by atoms with Crippen LogP contribution in [0.25, 0.3) is 0 Å². The second kappa shape index (κ2) is 8.90. The molecule has 1 aromatic heterocycles. The first-order valence-corrected chi connectivity index (χ1v) is 9.45. The topological polar surface area (TPSA) is 54.5 Å². The minimum Gasteiger partial charge on any atom is -0.474 e. The molecule has 1 aliphatic carbocycles. The lowest BCUT2D eigenvalue weighted by molar-refractivity contribution is 0.191. The lowest BCUT2D eigenvalue weighted by Gasteiger charge is -2.25. The molecule has 0 atom stereocenters. The molecule has 0 unspecified atom stereocenters. The van der Waals surface area contributed by atoms with Crippen LogP contribution in [0, 0.1) is 0 Å². The molecule has 2 amide bonds. The van der Waals surface area contributed by atoms with Crippen LogP contribution in [-0.4, -0.2) is 35.1 Å². The third-order valence-electron chi connectivity index (χ3n) is 4.98. The summed E-state index contributed by atoms with van der Waals surface area (Å²) >= 11 is 0. The Morgan fingerprint density at radius 2 is 1.83 bits per heavy atom. The van der Waals surface area contributed by atoms with Crippen molar-refractivity contribution in [3.05, 3.63) is 23.9 Å². The predicted octanol–water partition coefficient (Wildman–Crippen LogP) is 3.88. The molecule has 5 heteroatoms. The molecular weight excluding hydrogens is 302 g/mol. The molecule has 1 aliphatic heterocycles. The van der Waals surface area contributed by atoms with E-state index in [-0.39, 0.29) is 6.03 Å². The Hall–Kier alpha value is -1.78. The summed E-state index contributed by atoms with van der Waals surface area (Å²) in [6.45, 7) is 2.27. The Balaban J connectivity index is 1.48. The number of carbonyl (C=O) groups is 1. The van der Waals surface area contributed by atoms with Crippen molar-refractivity contribution in [2.45, 2.75) is 70.4 Å². The number of rotatable bonds is 4. The van der Waals surface area contributed by atoms with Crippen LogP contribution in [0.1, 0.15) is 63.4 Å². The van der Waals surface area contributed by atoms with Crippen molar-refractivity contribution in [1.29, 1.82) is 0 Å². The van der Waals surface area contributed by atoms with E-state index in [1.807, 2.05) is 17.0 Å². The quantitative estimate of drug-likeness (QED) is 0.911.